The van der Waals surface area contributed by atoms with E-state index in [1.165, 1.54) is 7.11 Å². The fourth-order valence-corrected chi connectivity index (χ4v) is 3.23. The molecule has 2 aromatic carbocycles. The van der Waals surface area contributed by atoms with Crippen molar-refractivity contribution in [3.8, 4) is 17.2 Å². The van der Waals surface area contributed by atoms with Gasteiger partial charge in [0, 0.05) is 33.2 Å². The number of ether oxygens (including phenoxy) is 2. The number of methoxy groups -OCH3 is 2. The van der Waals surface area contributed by atoms with Crippen LogP contribution in [0.25, 0.3) is 5.69 Å². The van der Waals surface area contributed by atoms with E-state index in [0.29, 0.717) is 22.1 Å². The summed E-state index contributed by atoms with van der Waals surface area (Å²) in [6.45, 7) is 4.01. The maximum absolute atomic E-state index is 12.4. The van der Waals surface area contributed by atoms with Gasteiger partial charge in [-0.15, -0.1) is 0 Å². The van der Waals surface area contributed by atoms with Crippen LogP contribution in [0.1, 0.15) is 27.3 Å². The van der Waals surface area contributed by atoms with Gasteiger partial charge < -0.3 is 14.0 Å². The lowest BCUT2D eigenvalue weighted by Gasteiger charge is -2.09. The van der Waals surface area contributed by atoms with Crippen LogP contribution in [0.3, 0.4) is 0 Å². The lowest BCUT2D eigenvalue weighted by Crippen LogP contribution is -2.17. The molecule has 0 radical (unpaired) electrons. The third-order valence-corrected chi connectivity index (χ3v) is 4.82. The Kier molecular flexibility index (Phi) is 6.24. The maximum Gasteiger partial charge on any atom is 0.271 e. The number of nitrogens with one attached hydrogen (secondary N) is 1. The number of rotatable bonds is 6. The molecule has 150 valence electrons. The van der Waals surface area contributed by atoms with Crippen molar-refractivity contribution >= 4 is 23.7 Å². The Morgan fingerprint density at radius 3 is 2.38 bits per heavy atom. The second-order valence-electron chi connectivity index (χ2n) is 6.41. The third kappa shape index (κ3) is 4.43. The molecule has 0 aliphatic rings. The molecule has 3 aromatic rings. The molecule has 7 heteroatoms. The van der Waals surface area contributed by atoms with Gasteiger partial charge in [-0.25, -0.2) is 5.43 Å². The van der Waals surface area contributed by atoms with Crippen molar-refractivity contribution in [2.45, 2.75) is 13.8 Å². The lowest BCUT2D eigenvalue weighted by molar-refractivity contribution is 0.0954. The number of hydrogen-bond donors (Lipinski definition) is 1. The van der Waals surface area contributed by atoms with Crippen LogP contribution in [0.5, 0.6) is 11.5 Å². The van der Waals surface area contributed by atoms with E-state index >= 15 is 0 Å². The van der Waals surface area contributed by atoms with E-state index in [1.807, 2.05) is 44.2 Å². The summed E-state index contributed by atoms with van der Waals surface area (Å²) in [6.07, 6.45) is 1.63. The fourth-order valence-electron chi connectivity index (χ4n) is 3.11. The first-order valence-electron chi connectivity index (χ1n) is 8.95. The summed E-state index contributed by atoms with van der Waals surface area (Å²) in [5.74, 6) is 0.701. The van der Waals surface area contributed by atoms with E-state index in [1.54, 1.807) is 31.5 Å². The standard InChI is InChI=1S/C22H22ClN3O3/c1-14-11-17(15(2)26(14)19-8-6-18(23)7-9-19)13-24-25-22(27)16-5-10-20(28-3)21(12-16)29-4/h5-13H,1-4H3,(H,25,27)/b24-13+. The Balaban J connectivity index is 1.76. The second kappa shape index (κ2) is 8.84. The minimum atomic E-state index is -0.339. The first-order chi connectivity index (χ1) is 13.9. The smallest absolute Gasteiger partial charge is 0.271 e. The topological polar surface area (TPSA) is 64.8 Å². The second-order valence-corrected chi connectivity index (χ2v) is 6.84. The van der Waals surface area contributed by atoms with Crippen LogP contribution in [0, 0.1) is 13.8 Å². The Hall–Kier alpha value is -3.25. The van der Waals surface area contributed by atoms with Gasteiger partial charge in [-0.3, -0.25) is 4.79 Å². The van der Waals surface area contributed by atoms with Crippen LogP contribution in [0.4, 0.5) is 0 Å². The maximum atomic E-state index is 12.4. The normalized spacial score (nSPS) is 10.9. The zero-order valence-corrected chi connectivity index (χ0v) is 17.4. The fraction of sp³-hybridized carbons (Fsp3) is 0.182. The minimum absolute atomic E-state index is 0.339. The van der Waals surface area contributed by atoms with E-state index in [-0.39, 0.29) is 5.91 Å². The molecule has 0 aliphatic heterocycles. The van der Waals surface area contributed by atoms with Gasteiger partial charge in [-0.1, -0.05) is 11.6 Å². The molecule has 0 unspecified atom stereocenters. The summed E-state index contributed by atoms with van der Waals surface area (Å²) < 4.78 is 12.5. The molecule has 1 heterocycles. The molecule has 0 spiro atoms. The van der Waals surface area contributed by atoms with Gasteiger partial charge in [0.15, 0.2) is 11.5 Å². The first-order valence-corrected chi connectivity index (χ1v) is 9.32. The van der Waals surface area contributed by atoms with Crippen molar-refractivity contribution in [1.82, 2.24) is 9.99 Å². The molecule has 1 N–H and O–H groups in total. The number of carbonyl (C=O) groups excluding carboxylic acids is 1. The number of carbonyl (C=O) groups is 1. The highest BCUT2D eigenvalue weighted by Crippen LogP contribution is 2.27. The lowest BCUT2D eigenvalue weighted by atomic mass is 10.2. The summed E-state index contributed by atoms with van der Waals surface area (Å²) >= 11 is 5.98. The van der Waals surface area contributed by atoms with Crippen molar-refractivity contribution in [2.75, 3.05) is 14.2 Å². The number of aromatic nitrogens is 1. The molecule has 0 fully saturated rings. The van der Waals surface area contributed by atoms with Crippen molar-refractivity contribution in [2.24, 2.45) is 5.10 Å². The molecule has 1 amide bonds. The SMILES string of the molecule is COc1ccc(C(=O)N/N=C/c2cc(C)n(-c3ccc(Cl)cc3)c2C)cc1OC. The predicted molar refractivity (Wildman–Crippen MR) is 115 cm³/mol. The largest absolute Gasteiger partial charge is 0.493 e. The summed E-state index contributed by atoms with van der Waals surface area (Å²) in [5, 5.41) is 4.80. The van der Waals surface area contributed by atoms with E-state index < -0.39 is 0 Å². The van der Waals surface area contributed by atoms with Gasteiger partial charge in [0.2, 0.25) is 0 Å². The van der Waals surface area contributed by atoms with Crippen LogP contribution in [0.2, 0.25) is 5.02 Å². The zero-order valence-electron chi connectivity index (χ0n) is 16.7. The van der Waals surface area contributed by atoms with E-state index in [9.17, 15) is 4.79 Å². The van der Waals surface area contributed by atoms with Gasteiger partial charge >= 0.3 is 0 Å². The van der Waals surface area contributed by atoms with Gasteiger partial charge in [0.25, 0.3) is 5.91 Å². The third-order valence-electron chi connectivity index (χ3n) is 4.57. The van der Waals surface area contributed by atoms with E-state index in [4.69, 9.17) is 21.1 Å². The zero-order chi connectivity index (χ0) is 21.0. The van der Waals surface area contributed by atoms with Gasteiger partial charge in [-0.05, 0) is 62.4 Å². The Bertz CT molecular complexity index is 1060. The van der Waals surface area contributed by atoms with Gasteiger partial charge in [0.1, 0.15) is 0 Å². The monoisotopic (exact) mass is 411 g/mol. The summed E-state index contributed by atoms with van der Waals surface area (Å²) in [4.78, 5) is 12.4. The first kappa shape index (κ1) is 20.5. The van der Waals surface area contributed by atoms with Crippen LogP contribution in [-0.4, -0.2) is 30.9 Å². The highest BCUT2D eigenvalue weighted by atomic mass is 35.5. The molecule has 0 saturated carbocycles. The summed E-state index contributed by atoms with van der Waals surface area (Å²) in [6, 6.07) is 14.6. The number of halogens is 1. The number of nitrogens with zero attached hydrogens (tertiary/aromatic N) is 2. The number of amides is 1. The minimum Gasteiger partial charge on any atom is -0.493 e. The van der Waals surface area contributed by atoms with Crippen molar-refractivity contribution in [3.63, 3.8) is 0 Å². The molecule has 0 saturated heterocycles. The quantitative estimate of drug-likeness (QED) is 0.478. The molecule has 0 aliphatic carbocycles. The van der Waals surface area contributed by atoms with Crippen LogP contribution < -0.4 is 14.9 Å². The summed E-state index contributed by atoms with van der Waals surface area (Å²) in [7, 11) is 3.07. The number of benzene rings is 2. The molecule has 0 bridgehead atoms. The van der Waals surface area contributed by atoms with E-state index in [0.717, 1.165) is 22.6 Å². The number of hydrogen-bond acceptors (Lipinski definition) is 4. The van der Waals surface area contributed by atoms with E-state index in [2.05, 4.69) is 15.1 Å². The molecule has 3 rings (SSSR count). The Morgan fingerprint density at radius 1 is 1.03 bits per heavy atom. The van der Waals surface area contributed by atoms with Gasteiger partial charge in [0.05, 0.1) is 20.4 Å². The van der Waals surface area contributed by atoms with Crippen molar-refractivity contribution < 1.29 is 14.3 Å². The molecule has 6 nitrogen and oxygen atoms in total. The number of hydrazone groups is 1. The average molecular weight is 412 g/mol. The van der Waals surface area contributed by atoms with Crippen molar-refractivity contribution in [3.05, 3.63) is 76.1 Å². The highest BCUT2D eigenvalue weighted by Gasteiger charge is 2.11. The van der Waals surface area contributed by atoms with Crippen molar-refractivity contribution in [1.29, 1.82) is 0 Å². The molecule has 29 heavy (non-hydrogen) atoms. The van der Waals surface area contributed by atoms with Crippen LogP contribution in [0.15, 0.2) is 53.6 Å². The Labute approximate surface area is 174 Å². The Morgan fingerprint density at radius 2 is 1.72 bits per heavy atom. The van der Waals surface area contributed by atoms with Gasteiger partial charge in [-0.2, -0.15) is 5.10 Å². The molecular formula is C22H22ClN3O3. The van der Waals surface area contributed by atoms with Crippen LogP contribution in [-0.2, 0) is 0 Å². The highest BCUT2D eigenvalue weighted by molar-refractivity contribution is 6.30. The average Bonchev–Trinajstić information content (AvgIpc) is 3.01. The summed E-state index contributed by atoms with van der Waals surface area (Å²) in [5.41, 5.74) is 6.95. The predicted octanol–water partition coefficient (Wildman–Crippen LogP) is 4.53. The molecule has 0 atom stereocenters. The number of aryl methyl sites for hydroxylation is 1. The molecular weight excluding hydrogens is 390 g/mol. The van der Waals surface area contributed by atoms with Crippen LogP contribution >= 0.6 is 11.6 Å². The molecule has 1 aromatic heterocycles.